The van der Waals surface area contributed by atoms with E-state index in [-0.39, 0.29) is 6.10 Å². The minimum atomic E-state index is -1.55. The first-order valence-corrected chi connectivity index (χ1v) is 10.7. The van der Waals surface area contributed by atoms with Crippen molar-refractivity contribution in [1.29, 1.82) is 0 Å². The predicted molar refractivity (Wildman–Crippen MR) is 90.6 cm³/mol. The molecule has 0 radical (unpaired) electrons. The van der Waals surface area contributed by atoms with Gasteiger partial charge in [0.2, 0.25) is 0 Å². The fourth-order valence-electron chi connectivity index (χ4n) is 2.40. The number of rotatable bonds is 6. The van der Waals surface area contributed by atoms with Crippen molar-refractivity contribution in [2.24, 2.45) is 0 Å². The van der Waals surface area contributed by atoms with E-state index in [0.29, 0.717) is 0 Å². The molecule has 0 fully saturated rings. The Kier molecular flexibility index (Phi) is 4.79. The molecule has 2 aromatic rings. The van der Waals surface area contributed by atoms with E-state index in [1.165, 1.54) is 16.3 Å². The summed E-state index contributed by atoms with van der Waals surface area (Å²) in [4.78, 5) is 0. The summed E-state index contributed by atoms with van der Waals surface area (Å²) in [6, 6.07) is 15.1. The van der Waals surface area contributed by atoms with Gasteiger partial charge in [-0.05, 0) is 54.9 Å². The zero-order valence-electron chi connectivity index (χ0n) is 12.7. The number of benzene rings is 2. The van der Waals surface area contributed by atoms with Gasteiger partial charge < -0.3 is 4.43 Å². The zero-order chi connectivity index (χ0) is 14.6. The summed E-state index contributed by atoms with van der Waals surface area (Å²) in [7, 11) is -1.55. The maximum absolute atomic E-state index is 6.37. The number of allylic oxidation sites excluding steroid dienone is 1. The van der Waals surface area contributed by atoms with E-state index in [2.05, 4.69) is 68.7 Å². The molecule has 106 valence electrons. The minimum Gasteiger partial charge on any atom is -0.411 e. The lowest BCUT2D eigenvalue weighted by Gasteiger charge is -2.27. The summed E-state index contributed by atoms with van der Waals surface area (Å²) in [5, 5.41) is 2.57. The molecule has 0 aliphatic rings. The van der Waals surface area contributed by atoms with Crippen LogP contribution in [0.4, 0.5) is 0 Å². The lowest BCUT2D eigenvalue weighted by Crippen LogP contribution is -2.28. The van der Waals surface area contributed by atoms with E-state index in [4.69, 9.17) is 4.43 Å². The summed E-state index contributed by atoms with van der Waals surface area (Å²) in [6.45, 7) is 10.6. The molecule has 0 saturated heterocycles. The van der Waals surface area contributed by atoms with Crippen molar-refractivity contribution >= 4 is 19.1 Å². The topological polar surface area (TPSA) is 9.23 Å². The average molecular weight is 284 g/mol. The first-order chi connectivity index (χ1) is 9.49. The van der Waals surface area contributed by atoms with Gasteiger partial charge in [-0.25, -0.2) is 0 Å². The number of hydrogen-bond acceptors (Lipinski definition) is 1. The number of fused-ring (bicyclic) bond motifs is 1. The molecule has 0 spiro atoms. The van der Waals surface area contributed by atoms with Crippen molar-refractivity contribution in [3.05, 3.63) is 60.7 Å². The van der Waals surface area contributed by atoms with Crippen LogP contribution < -0.4 is 0 Å². The number of hydrogen-bond donors (Lipinski definition) is 0. The van der Waals surface area contributed by atoms with Gasteiger partial charge in [-0.15, -0.1) is 6.58 Å². The van der Waals surface area contributed by atoms with Crippen molar-refractivity contribution < 1.29 is 4.43 Å². The fourth-order valence-corrected chi connectivity index (χ4v) is 3.51. The van der Waals surface area contributed by atoms with Gasteiger partial charge in [0.15, 0.2) is 8.32 Å². The second kappa shape index (κ2) is 6.38. The molecule has 2 rings (SSSR count). The fraction of sp³-hybridized carbons (Fsp3) is 0.333. The Morgan fingerprint density at radius 3 is 2.45 bits per heavy atom. The van der Waals surface area contributed by atoms with Gasteiger partial charge in [0, 0.05) is 0 Å². The maximum Gasteiger partial charge on any atom is 0.184 e. The summed E-state index contributed by atoms with van der Waals surface area (Å²) in [5.74, 6) is 0. The highest BCUT2D eigenvalue weighted by Gasteiger charge is 2.22. The molecule has 1 nitrogen and oxygen atoms in total. The van der Waals surface area contributed by atoms with Crippen LogP contribution in [0.15, 0.2) is 55.1 Å². The molecule has 0 aromatic heterocycles. The Morgan fingerprint density at radius 2 is 1.80 bits per heavy atom. The molecular weight excluding hydrogens is 260 g/mol. The summed E-state index contributed by atoms with van der Waals surface area (Å²) < 4.78 is 6.37. The van der Waals surface area contributed by atoms with Gasteiger partial charge in [-0.1, -0.05) is 42.5 Å². The van der Waals surface area contributed by atoms with Crippen LogP contribution in [0.2, 0.25) is 19.6 Å². The molecule has 0 N–H and O–H groups in total. The van der Waals surface area contributed by atoms with Gasteiger partial charge in [0.1, 0.15) is 0 Å². The van der Waals surface area contributed by atoms with Crippen LogP contribution in [-0.2, 0) is 4.43 Å². The second-order valence-electron chi connectivity index (χ2n) is 6.19. The molecule has 0 saturated carbocycles. The first kappa shape index (κ1) is 15.0. The molecule has 0 amide bonds. The van der Waals surface area contributed by atoms with Gasteiger partial charge >= 0.3 is 0 Å². The SMILES string of the molecule is C=CCCC(O[Si](C)(C)C)c1ccc2ccccc2c1. The van der Waals surface area contributed by atoms with Crippen molar-refractivity contribution in [2.45, 2.75) is 38.6 Å². The summed E-state index contributed by atoms with van der Waals surface area (Å²) >= 11 is 0. The first-order valence-electron chi connectivity index (χ1n) is 7.27. The summed E-state index contributed by atoms with van der Waals surface area (Å²) in [6.07, 6.45) is 4.15. The molecule has 1 atom stereocenters. The van der Waals surface area contributed by atoms with Crippen molar-refractivity contribution in [3.63, 3.8) is 0 Å². The van der Waals surface area contributed by atoms with Crippen LogP contribution >= 0.6 is 0 Å². The zero-order valence-corrected chi connectivity index (χ0v) is 13.7. The van der Waals surface area contributed by atoms with Crippen LogP contribution in [0.3, 0.4) is 0 Å². The minimum absolute atomic E-state index is 0.185. The third-order valence-electron chi connectivity index (χ3n) is 3.27. The molecule has 0 aliphatic carbocycles. The molecular formula is C18H24OSi. The van der Waals surface area contributed by atoms with Crippen molar-refractivity contribution in [2.75, 3.05) is 0 Å². The highest BCUT2D eigenvalue weighted by Crippen LogP contribution is 2.29. The molecule has 1 unspecified atom stereocenters. The predicted octanol–water partition coefficient (Wildman–Crippen LogP) is 5.70. The normalized spacial score (nSPS) is 13.3. The molecule has 2 aromatic carbocycles. The third kappa shape index (κ3) is 4.05. The molecule has 0 heterocycles. The van der Waals surface area contributed by atoms with Gasteiger partial charge in [-0.3, -0.25) is 0 Å². The van der Waals surface area contributed by atoms with Crippen LogP contribution in [0.5, 0.6) is 0 Å². The van der Waals surface area contributed by atoms with Gasteiger partial charge in [0.05, 0.1) is 6.10 Å². The molecule has 20 heavy (non-hydrogen) atoms. The lowest BCUT2D eigenvalue weighted by molar-refractivity contribution is 0.188. The molecule has 0 aliphatic heterocycles. The third-order valence-corrected chi connectivity index (χ3v) is 4.27. The highest BCUT2D eigenvalue weighted by molar-refractivity contribution is 6.69. The van der Waals surface area contributed by atoms with E-state index in [0.717, 1.165) is 12.8 Å². The Hall–Kier alpha value is -1.38. The molecule has 0 bridgehead atoms. The van der Waals surface area contributed by atoms with Gasteiger partial charge in [0.25, 0.3) is 0 Å². The molecule has 2 heteroatoms. The van der Waals surface area contributed by atoms with Gasteiger partial charge in [-0.2, -0.15) is 0 Å². The van der Waals surface area contributed by atoms with E-state index in [9.17, 15) is 0 Å². The van der Waals surface area contributed by atoms with Crippen LogP contribution in [-0.4, -0.2) is 8.32 Å². The Morgan fingerprint density at radius 1 is 1.10 bits per heavy atom. The van der Waals surface area contributed by atoms with Crippen molar-refractivity contribution in [1.82, 2.24) is 0 Å². The van der Waals surface area contributed by atoms with Crippen molar-refractivity contribution in [3.8, 4) is 0 Å². The Bertz CT molecular complexity index is 583. The Balaban J connectivity index is 2.31. The Labute approximate surface area is 123 Å². The average Bonchev–Trinajstić information content (AvgIpc) is 2.41. The monoisotopic (exact) mass is 284 g/mol. The quantitative estimate of drug-likeness (QED) is 0.488. The van der Waals surface area contributed by atoms with E-state index in [1.807, 2.05) is 6.08 Å². The summed E-state index contributed by atoms with van der Waals surface area (Å²) in [5.41, 5.74) is 1.29. The largest absolute Gasteiger partial charge is 0.411 e. The standard InChI is InChI=1S/C18H24OSi/c1-5-6-11-18(19-20(2,3)4)17-13-12-15-9-7-8-10-16(15)14-17/h5,7-10,12-14,18H,1,6,11H2,2-4H3. The van der Waals surface area contributed by atoms with Crippen LogP contribution in [0.25, 0.3) is 10.8 Å². The highest BCUT2D eigenvalue weighted by atomic mass is 28.4. The lowest BCUT2D eigenvalue weighted by atomic mass is 10.0. The second-order valence-corrected chi connectivity index (χ2v) is 10.7. The van der Waals surface area contributed by atoms with Crippen LogP contribution in [0.1, 0.15) is 24.5 Å². The van der Waals surface area contributed by atoms with E-state index < -0.39 is 8.32 Å². The van der Waals surface area contributed by atoms with E-state index in [1.54, 1.807) is 0 Å². The van der Waals surface area contributed by atoms with E-state index >= 15 is 0 Å². The van der Waals surface area contributed by atoms with Crippen LogP contribution in [0, 0.1) is 0 Å². The smallest absolute Gasteiger partial charge is 0.184 e. The maximum atomic E-state index is 6.37.